The molecule has 2 heterocycles. The fourth-order valence-electron chi connectivity index (χ4n) is 3.21. The van der Waals surface area contributed by atoms with Crippen LogP contribution in [0, 0.1) is 5.92 Å². The highest BCUT2D eigenvalue weighted by molar-refractivity contribution is 7.89. The van der Waals surface area contributed by atoms with E-state index >= 15 is 0 Å². The van der Waals surface area contributed by atoms with Crippen molar-refractivity contribution in [1.29, 1.82) is 0 Å². The van der Waals surface area contributed by atoms with E-state index in [0.717, 1.165) is 35.3 Å². The van der Waals surface area contributed by atoms with E-state index in [4.69, 9.17) is 0 Å². The molecule has 3 rings (SSSR count). The van der Waals surface area contributed by atoms with Gasteiger partial charge in [0.05, 0.1) is 17.5 Å². The summed E-state index contributed by atoms with van der Waals surface area (Å²) in [4.78, 5) is 12.7. The van der Waals surface area contributed by atoms with Gasteiger partial charge in [0.15, 0.2) is 5.82 Å². The predicted octanol–water partition coefficient (Wildman–Crippen LogP) is 1.36. The van der Waals surface area contributed by atoms with Crippen LogP contribution in [0.4, 0.5) is 0 Å². The Kier molecular flexibility index (Phi) is 5.61. The minimum atomic E-state index is -3.71. The van der Waals surface area contributed by atoms with Crippen LogP contribution in [0.1, 0.15) is 38.0 Å². The van der Waals surface area contributed by atoms with Gasteiger partial charge in [-0.3, -0.25) is 4.79 Å². The molecule has 1 unspecified atom stereocenters. The number of fused-ring (bicyclic) bond motifs is 1. The predicted molar refractivity (Wildman–Crippen MR) is 100 cm³/mol. The zero-order valence-electron chi connectivity index (χ0n) is 15.8. The van der Waals surface area contributed by atoms with Gasteiger partial charge in [0.25, 0.3) is 0 Å². The number of benzene rings is 1. The van der Waals surface area contributed by atoms with Crippen molar-refractivity contribution < 1.29 is 13.2 Å². The number of amides is 1. The van der Waals surface area contributed by atoms with Gasteiger partial charge < -0.3 is 9.88 Å². The quantitative estimate of drug-likeness (QED) is 0.769. The van der Waals surface area contributed by atoms with Crippen LogP contribution in [0.25, 0.3) is 0 Å². The highest BCUT2D eigenvalue weighted by Crippen LogP contribution is 2.24. The van der Waals surface area contributed by atoms with E-state index in [0.29, 0.717) is 0 Å². The Morgan fingerprint density at radius 3 is 2.63 bits per heavy atom. The molecule has 1 N–H and O–H groups in total. The van der Waals surface area contributed by atoms with E-state index in [1.807, 2.05) is 13.8 Å². The van der Waals surface area contributed by atoms with E-state index in [1.54, 1.807) is 18.2 Å². The molecular weight excluding hydrogens is 366 g/mol. The topological polar surface area (TPSA) is 97.2 Å². The lowest BCUT2D eigenvalue weighted by Crippen LogP contribution is -2.41. The Morgan fingerprint density at radius 2 is 1.96 bits per heavy atom. The zero-order chi connectivity index (χ0) is 19.6. The molecule has 0 fully saturated rings. The average molecular weight is 391 g/mol. The monoisotopic (exact) mass is 391 g/mol. The number of nitrogens with one attached hydrogen (secondary N) is 1. The Labute approximate surface area is 159 Å². The summed E-state index contributed by atoms with van der Waals surface area (Å²) in [7, 11) is -2.31. The molecule has 1 atom stereocenters. The van der Waals surface area contributed by atoms with Crippen molar-refractivity contribution in [3.05, 3.63) is 42.0 Å². The number of likely N-dealkylation sites (N-methyl/N-ethyl adjacent to an activating group) is 1. The molecule has 1 amide bonds. The molecule has 146 valence electrons. The highest BCUT2D eigenvalue weighted by atomic mass is 32.2. The molecule has 1 aliphatic heterocycles. The molecule has 8 nitrogen and oxygen atoms in total. The molecule has 0 saturated carbocycles. The van der Waals surface area contributed by atoms with Gasteiger partial charge in [-0.05, 0) is 24.5 Å². The van der Waals surface area contributed by atoms with Crippen molar-refractivity contribution in [1.82, 2.24) is 24.4 Å². The number of sulfonamides is 1. The molecule has 1 aromatic heterocycles. The highest BCUT2D eigenvalue weighted by Gasteiger charge is 2.29. The number of hydrogen-bond acceptors (Lipinski definition) is 5. The van der Waals surface area contributed by atoms with Gasteiger partial charge >= 0.3 is 0 Å². The van der Waals surface area contributed by atoms with Crippen LogP contribution in [0.3, 0.4) is 0 Å². The van der Waals surface area contributed by atoms with E-state index in [-0.39, 0.29) is 29.3 Å². The summed E-state index contributed by atoms with van der Waals surface area (Å²) >= 11 is 0. The zero-order valence-corrected chi connectivity index (χ0v) is 16.6. The van der Waals surface area contributed by atoms with E-state index in [9.17, 15) is 13.2 Å². The maximum atomic E-state index is 12.6. The molecule has 0 bridgehead atoms. The summed E-state index contributed by atoms with van der Waals surface area (Å²) in [5.74, 6) is 1.40. The first-order chi connectivity index (χ1) is 12.8. The standard InChI is InChI=1S/C18H25N5O3S/c1-13(2)17(18-21-20-15-10-7-11-23(15)18)19-16(24)12-22(3)27(25,26)14-8-5-4-6-9-14/h4-6,8-9,13,17H,7,10-12H2,1-3H3,(H,19,24). The minimum Gasteiger partial charge on any atom is -0.345 e. The molecule has 1 aromatic carbocycles. The molecule has 2 aromatic rings. The second-order valence-corrected chi connectivity index (χ2v) is 9.14. The molecule has 9 heteroatoms. The van der Waals surface area contributed by atoms with Crippen molar-refractivity contribution in [2.75, 3.05) is 13.6 Å². The van der Waals surface area contributed by atoms with Crippen LogP contribution in [-0.2, 0) is 27.8 Å². The largest absolute Gasteiger partial charge is 0.345 e. The summed E-state index contributed by atoms with van der Waals surface area (Å²) in [6.07, 6.45) is 1.92. The molecule has 27 heavy (non-hydrogen) atoms. The summed E-state index contributed by atoms with van der Waals surface area (Å²) in [6, 6.07) is 7.77. The first-order valence-corrected chi connectivity index (χ1v) is 10.5. The van der Waals surface area contributed by atoms with Crippen molar-refractivity contribution in [2.45, 2.75) is 44.2 Å². The normalized spacial score (nSPS) is 15.1. The van der Waals surface area contributed by atoms with E-state index in [1.165, 1.54) is 19.2 Å². The third-order valence-electron chi connectivity index (χ3n) is 4.72. The summed E-state index contributed by atoms with van der Waals surface area (Å²) < 4.78 is 28.3. The molecule has 1 aliphatic rings. The Morgan fingerprint density at radius 1 is 1.26 bits per heavy atom. The van der Waals surface area contributed by atoms with Gasteiger partial charge in [-0.1, -0.05) is 32.0 Å². The second-order valence-electron chi connectivity index (χ2n) is 7.09. The second kappa shape index (κ2) is 7.77. The first-order valence-electron chi connectivity index (χ1n) is 9.03. The van der Waals surface area contributed by atoms with Crippen LogP contribution >= 0.6 is 0 Å². The lowest BCUT2D eigenvalue weighted by Gasteiger charge is -2.23. The van der Waals surface area contributed by atoms with Crippen molar-refractivity contribution in [3.8, 4) is 0 Å². The Bertz CT molecular complexity index is 908. The van der Waals surface area contributed by atoms with Gasteiger partial charge in [0.1, 0.15) is 5.82 Å². The average Bonchev–Trinajstić information content (AvgIpc) is 3.24. The minimum absolute atomic E-state index is 0.0962. The number of nitrogens with zero attached hydrogens (tertiary/aromatic N) is 4. The van der Waals surface area contributed by atoms with Crippen LogP contribution < -0.4 is 5.32 Å². The van der Waals surface area contributed by atoms with Gasteiger partial charge in [-0.15, -0.1) is 10.2 Å². The van der Waals surface area contributed by atoms with Crippen molar-refractivity contribution in [3.63, 3.8) is 0 Å². The number of rotatable bonds is 7. The van der Waals surface area contributed by atoms with Crippen molar-refractivity contribution >= 4 is 15.9 Å². The van der Waals surface area contributed by atoms with Gasteiger partial charge in [0, 0.05) is 20.0 Å². The van der Waals surface area contributed by atoms with Gasteiger partial charge in [0.2, 0.25) is 15.9 Å². The Hall–Kier alpha value is -2.26. The molecule has 0 spiro atoms. The van der Waals surface area contributed by atoms with Crippen LogP contribution in [-0.4, -0.2) is 47.0 Å². The lowest BCUT2D eigenvalue weighted by atomic mass is 10.0. The summed E-state index contributed by atoms with van der Waals surface area (Å²) in [5.41, 5.74) is 0. The number of aromatic nitrogens is 3. The maximum absolute atomic E-state index is 12.6. The van der Waals surface area contributed by atoms with Crippen molar-refractivity contribution in [2.24, 2.45) is 5.92 Å². The molecule has 0 radical (unpaired) electrons. The van der Waals surface area contributed by atoms with Crippen LogP contribution in [0.15, 0.2) is 35.2 Å². The Balaban J connectivity index is 1.71. The fourth-order valence-corrected chi connectivity index (χ4v) is 4.36. The number of carbonyl (C=O) groups excluding carboxylic acids is 1. The number of carbonyl (C=O) groups is 1. The van der Waals surface area contributed by atoms with Crippen LogP contribution in [0.5, 0.6) is 0 Å². The summed E-state index contributed by atoms with van der Waals surface area (Å²) in [5, 5.41) is 11.4. The molecular formula is C18H25N5O3S. The maximum Gasteiger partial charge on any atom is 0.243 e. The third kappa shape index (κ3) is 4.03. The SMILES string of the molecule is CC(C)C(NC(=O)CN(C)S(=O)(=O)c1ccccc1)c1nnc2n1CCC2. The lowest BCUT2D eigenvalue weighted by molar-refractivity contribution is -0.122. The van der Waals surface area contributed by atoms with Gasteiger partial charge in [-0.25, -0.2) is 8.42 Å². The first kappa shape index (κ1) is 19.5. The third-order valence-corrected chi connectivity index (χ3v) is 6.53. The number of aryl methyl sites for hydroxylation is 1. The molecule has 0 saturated heterocycles. The summed E-state index contributed by atoms with van der Waals surface area (Å²) in [6.45, 7) is 4.57. The molecule has 0 aliphatic carbocycles. The fraction of sp³-hybridized carbons (Fsp3) is 0.500. The van der Waals surface area contributed by atoms with E-state index < -0.39 is 10.0 Å². The number of hydrogen-bond donors (Lipinski definition) is 1. The smallest absolute Gasteiger partial charge is 0.243 e. The van der Waals surface area contributed by atoms with Gasteiger partial charge in [-0.2, -0.15) is 4.31 Å². The van der Waals surface area contributed by atoms with Crippen LogP contribution in [0.2, 0.25) is 0 Å². The van der Waals surface area contributed by atoms with E-state index in [2.05, 4.69) is 20.1 Å².